The van der Waals surface area contributed by atoms with Crippen LogP contribution in [0.15, 0.2) is 6.07 Å². The van der Waals surface area contributed by atoms with Crippen molar-refractivity contribution in [2.24, 2.45) is 13.0 Å². The van der Waals surface area contributed by atoms with E-state index in [0.717, 1.165) is 30.7 Å². The van der Waals surface area contributed by atoms with Gasteiger partial charge in [-0.25, -0.2) is 0 Å². The Kier molecular flexibility index (Phi) is 1.94. The molecular weight excluding hydrogens is 164 g/mol. The number of ketones is 1. The quantitative estimate of drug-likeness (QED) is 0.658. The Bertz CT molecular complexity index is 337. The summed E-state index contributed by atoms with van der Waals surface area (Å²) in [6.07, 6.45) is 3.02. The first-order chi connectivity index (χ1) is 6.22. The second-order valence-corrected chi connectivity index (χ2v) is 3.64. The molecule has 1 fully saturated rings. The minimum atomic E-state index is 0.273. The van der Waals surface area contributed by atoms with Crippen LogP contribution in [0.2, 0.25) is 0 Å². The van der Waals surface area contributed by atoms with Crippen LogP contribution in [0.25, 0.3) is 0 Å². The molecule has 2 rings (SSSR count). The number of hydrogen-bond donors (Lipinski definition) is 0. The van der Waals surface area contributed by atoms with E-state index in [1.807, 2.05) is 20.0 Å². The predicted molar refractivity (Wildman–Crippen MR) is 49.6 cm³/mol. The number of hydrogen-bond acceptors (Lipinski definition) is 2. The lowest BCUT2D eigenvalue weighted by atomic mass is 10.2. The fraction of sp³-hybridized carbons (Fsp3) is 0.600. The largest absolute Gasteiger partial charge is 0.292 e. The summed E-state index contributed by atoms with van der Waals surface area (Å²) in [7, 11) is 1.84. The van der Waals surface area contributed by atoms with E-state index in [1.165, 1.54) is 0 Å². The van der Waals surface area contributed by atoms with E-state index in [-0.39, 0.29) is 5.78 Å². The zero-order valence-corrected chi connectivity index (χ0v) is 8.08. The van der Waals surface area contributed by atoms with Crippen molar-refractivity contribution in [3.63, 3.8) is 0 Å². The van der Waals surface area contributed by atoms with Crippen LogP contribution < -0.4 is 0 Å². The van der Waals surface area contributed by atoms with Gasteiger partial charge in [0.15, 0.2) is 5.78 Å². The molecule has 0 aliphatic heterocycles. The van der Waals surface area contributed by atoms with Crippen LogP contribution in [0.1, 0.15) is 35.9 Å². The van der Waals surface area contributed by atoms with Gasteiger partial charge in [-0.1, -0.05) is 6.92 Å². The Hall–Kier alpha value is -1.12. The van der Waals surface area contributed by atoms with Crippen molar-refractivity contribution < 1.29 is 4.79 Å². The van der Waals surface area contributed by atoms with E-state index < -0.39 is 0 Å². The lowest BCUT2D eigenvalue weighted by Crippen LogP contribution is -2.08. The molecule has 3 heteroatoms. The van der Waals surface area contributed by atoms with E-state index >= 15 is 0 Å². The van der Waals surface area contributed by atoms with Gasteiger partial charge in [0.25, 0.3) is 0 Å². The molecule has 0 atom stereocenters. The van der Waals surface area contributed by atoms with Crippen LogP contribution in [0.5, 0.6) is 0 Å². The maximum absolute atomic E-state index is 11.7. The summed E-state index contributed by atoms with van der Waals surface area (Å²) in [6, 6.07) is 1.92. The van der Waals surface area contributed by atoms with Crippen LogP contribution in [0.3, 0.4) is 0 Å². The molecule has 3 nitrogen and oxygen atoms in total. The van der Waals surface area contributed by atoms with Crippen molar-refractivity contribution in [1.82, 2.24) is 9.78 Å². The number of aromatic nitrogens is 2. The van der Waals surface area contributed by atoms with Gasteiger partial charge in [0.2, 0.25) is 0 Å². The number of aryl methyl sites for hydroxylation is 2. The van der Waals surface area contributed by atoms with Crippen LogP contribution in [0, 0.1) is 5.92 Å². The fourth-order valence-corrected chi connectivity index (χ4v) is 1.48. The first kappa shape index (κ1) is 8.48. The highest BCUT2D eigenvalue weighted by atomic mass is 16.1. The second kappa shape index (κ2) is 2.98. The molecule has 0 unspecified atom stereocenters. The van der Waals surface area contributed by atoms with E-state index in [0.29, 0.717) is 5.92 Å². The van der Waals surface area contributed by atoms with Gasteiger partial charge in [0.1, 0.15) is 5.69 Å². The summed E-state index contributed by atoms with van der Waals surface area (Å²) >= 11 is 0. The lowest BCUT2D eigenvalue weighted by Gasteiger charge is -1.96. The van der Waals surface area contributed by atoms with Crippen molar-refractivity contribution >= 4 is 5.78 Å². The van der Waals surface area contributed by atoms with Crippen molar-refractivity contribution in [2.75, 3.05) is 0 Å². The average molecular weight is 178 g/mol. The monoisotopic (exact) mass is 178 g/mol. The standard InChI is InChI=1S/C10H14N2O/c1-3-8-6-9(12(2)11-8)10(13)7-4-5-7/h6-7H,3-5H2,1-2H3. The fourth-order valence-electron chi connectivity index (χ4n) is 1.48. The van der Waals surface area contributed by atoms with Gasteiger partial charge in [0, 0.05) is 13.0 Å². The third-order valence-corrected chi connectivity index (χ3v) is 2.49. The van der Waals surface area contributed by atoms with Crippen molar-refractivity contribution in [1.29, 1.82) is 0 Å². The van der Waals surface area contributed by atoms with Gasteiger partial charge < -0.3 is 0 Å². The number of Topliss-reactive ketones (excluding diaryl/α,β-unsaturated/α-hetero) is 1. The molecule has 1 heterocycles. The van der Waals surface area contributed by atoms with Crippen molar-refractivity contribution in [3.05, 3.63) is 17.5 Å². The molecule has 1 aromatic rings. The lowest BCUT2D eigenvalue weighted by molar-refractivity contribution is 0.0958. The summed E-state index contributed by atoms with van der Waals surface area (Å²) < 4.78 is 1.71. The summed E-state index contributed by atoms with van der Waals surface area (Å²) in [5.41, 5.74) is 1.78. The van der Waals surface area contributed by atoms with Crippen LogP contribution in [-0.4, -0.2) is 15.6 Å². The van der Waals surface area contributed by atoms with E-state index in [1.54, 1.807) is 4.68 Å². The van der Waals surface area contributed by atoms with Gasteiger partial charge in [-0.15, -0.1) is 0 Å². The zero-order valence-electron chi connectivity index (χ0n) is 8.08. The number of nitrogens with zero attached hydrogens (tertiary/aromatic N) is 2. The maximum Gasteiger partial charge on any atom is 0.183 e. The van der Waals surface area contributed by atoms with Crippen molar-refractivity contribution in [2.45, 2.75) is 26.2 Å². The minimum absolute atomic E-state index is 0.273. The normalized spacial score (nSPS) is 16.2. The third kappa shape index (κ3) is 1.50. The van der Waals surface area contributed by atoms with Gasteiger partial charge in [-0.3, -0.25) is 9.48 Å². The topological polar surface area (TPSA) is 34.9 Å². The first-order valence-electron chi connectivity index (χ1n) is 4.79. The number of carbonyl (C=O) groups is 1. The summed E-state index contributed by atoms with van der Waals surface area (Å²) in [5, 5.41) is 4.26. The summed E-state index contributed by atoms with van der Waals surface area (Å²) in [5.74, 6) is 0.565. The second-order valence-electron chi connectivity index (χ2n) is 3.64. The minimum Gasteiger partial charge on any atom is -0.292 e. The Morgan fingerprint density at radius 3 is 2.85 bits per heavy atom. The third-order valence-electron chi connectivity index (χ3n) is 2.49. The van der Waals surface area contributed by atoms with Crippen LogP contribution in [-0.2, 0) is 13.5 Å². The molecule has 0 aromatic carbocycles. The molecule has 0 N–H and O–H groups in total. The van der Waals surface area contributed by atoms with E-state index in [4.69, 9.17) is 0 Å². The van der Waals surface area contributed by atoms with Gasteiger partial charge in [-0.05, 0) is 25.3 Å². The molecular formula is C10H14N2O. The van der Waals surface area contributed by atoms with Gasteiger partial charge in [0.05, 0.1) is 5.69 Å². The van der Waals surface area contributed by atoms with Crippen molar-refractivity contribution in [3.8, 4) is 0 Å². The highest BCUT2D eigenvalue weighted by Crippen LogP contribution is 2.32. The Morgan fingerprint density at radius 2 is 2.38 bits per heavy atom. The van der Waals surface area contributed by atoms with Gasteiger partial charge >= 0.3 is 0 Å². The summed E-state index contributed by atoms with van der Waals surface area (Å²) in [6.45, 7) is 2.05. The SMILES string of the molecule is CCc1cc(C(=O)C2CC2)n(C)n1. The Morgan fingerprint density at radius 1 is 1.69 bits per heavy atom. The van der Waals surface area contributed by atoms with Crippen LogP contribution >= 0.6 is 0 Å². The molecule has 0 radical (unpaired) electrons. The maximum atomic E-state index is 11.7. The molecule has 0 saturated heterocycles. The summed E-state index contributed by atoms with van der Waals surface area (Å²) in [4.78, 5) is 11.7. The number of rotatable bonds is 3. The first-order valence-corrected chi connectivity index (χ1v) is 4.79. The molecule has 0 amide bonds. The van der Waals surface area contributed by atoms with E-state index in [2.05, 4.69) is 5.10 Å². The number of carbonyl (C=O) groups excluding carboxylic acids is 1. The van der Waals surface area contributed by atoms with Gasteiger partial charge in [-0.2, -0.15) is 5.10 Å². The molecule has 1 saturated carbocycles. The molecule has 0 spiro atoms. The Balaban J connectivity index is 2.27. The average Bonchev–Trinajstić information content (AvgIpc) is 2.89. The van der Waals surface area contributed by atoms with E-state index in [9.17, 15) is 4.79 Å². The zero-order chi connectivity index (χ0) is 9.42. The van der Waals surface area contributed by atoms with Crippen LogP contribution in [0.4, 0.5) is 0 Å². The molecule has 1 aliphatic carbocycles. The molecule has 0 bridgehead atoms. The molecule has 1 aliphatic rings. The molecule has 1 aromatic heterocycles. The molecule has 70 valence electrons. The highest BCUT2D eigenvalue weighted by Gasteiger charge is 2.32. The highest BCUT2D eigenvalue weighted by molar-refractivity contribution is 5.97. The Labute approximate surface area is 77.7 Å². The predicted octanol–water partition coefficient (Wildman–Crippen LogP) is 1.58. The smallest absolute Gasteiger partial charge is 0.183 e. The molecule has 13 heavy (non-hydrogen) atoms.